The van der Waals surface area contributed by atoms with Crippen LogP contribution in [0.1, 0.15) is 21.6 Å². The van der Waals surface area contributed by atoms with Gasteiger partial charge in [-0.05, 0) is 35.9 Å². The minimum absolute atomic E-state index is 0.00985. The predicted octanol–water partition coefficient (Wildman–Crippen LogP) is 2.65. The molecule has 1 aliphatic rings. The number of aromatic nitrogens is 2. The second-order valence-electron chi connectivity index (χ2n) is 6.14. The summed E-state index contributed by atoms with van der Waals surface area (Å²) in [5, 5.41) is 16.3. The summed E-state index contributed by atoms with van der Waals surface area (Å²) in [7, 11) is 0. The largest absolute Gasteiger partial charge is 0.476 e. The number of nitrogens with zero attached hydrogens (tertiary/aromatic N) is 4. The molecule has 0 unspecified atom stereocenters. The quantitative estimate of drug-likeness (QED) is 0.818. The molecule has 1 aromatic heterocycles. The molecule has 2 aromatic rings. The number of hydrogen-bond donors (Lipinski definition) is 1. The van der Waals surface area contributed by atoms with Crippen molar-refractivity contribution in [1.82, 2.24) is 15.1 Å². The summed E-state index contributed by atoms with van der Waals surface area (Å²) in [6, 6.07) is 5.38. The Morgan fingerprint density at radius 1 is 1.07 bits per heavy atom. The Labute approximate surface area is 152 Å². The van der Waals surface area contributed by atoms with Crippen LogP contribution < -0.4 is 4.90 Å². The molecule has 27 heavy (non-hydrogen) atoms. The van der Waals surface area contributed by atoms with Crippen molar-refractivity contribution >= 4 is 11.8 Å². The summed E-state index contributed by atoms with van der Waals surface area (Å²) in [6.07, 6.45) is -4.54. The molecule has 0 atom stereocenters. The van der Waals surface area contributed by atoms with E-state index in [4.69, 9.17) is 5.11 Å². The van der Waals surface area contributed by atoms with Crippen molar-refractivity contribution in [2.24, 2.45) is 0 Å². The lowest BCUT2D eigenvalue weighted by Gasteiger charge is -2.35. The SMILES string of the molecule is O=C(O)c1ccc(N2CCN(Cc3cc(F)ccc3C(F)(F)F)CC2)nn1. The van der Waals surface area contributed by atoms with Crippen molar-refractivity contribution < 1.29 is 27.5 Å². The summed E-state index contributed by atoms with van der Waals surface area (Å²) in [5.41, 5.74) is -1.09. The van der Waals surface area contributed by atoms with E-state index in [0.717, 1.165) is 18.2 Å². The minimum Gasteiger partial charge on any atom is -0.476 e. The van der Waals surface area contributed by atoms with Crippen LogP contribution in [0.2, 0.25) is 0 Å². The van der Waals surface area contributed by atoms with E-state index in [1.165, 1.54) is 6.07 Å². The lowest BCUT2D eigenvalue weighted by Crippen LogP contribution is -2.46. The van der Waals surface area contributed by atoms with Gasteiger partial charge in [0.15, 0.2) is 11.5 Å². The maximum atomic E-state index is 13.4. The van der Waals surface area contributed by atoms with Crippen molar-refractivity contribution in [2.75, 3.05) is 31.1 Å². The maximum Gasteiger partial charge on any atom is 0.416 e. The Kier molecular flexibility index (Phi) is 5.26. The molecule has 1 aromatic carbocycles. The molecule has 144 valence electrons. The number of rotatable bonds is 4. The zero-order valence-electron chi connectivity index (χ0n) is 14.1. The molecule has 6 nitrogen and oxygen atoms in total. The van der Waals surface area contributed by atoms with Gasteiger partial charge in [0.25, 0.3) is 0 Å². The van der Waals surface area contributed by atoms with Crippen LogP contribution in [0.15, 0.2) is 30.3 Å². The van der Waals surface area contributed by atoms with Gasteiger partial charge in [0, 0.05) is 32.7 Å². The van der Waals surface area contributed by atoms with Crippen LogP contribution in [-0.2, 0) is 12.7 Å². The van der Waals surface area contributed by atoms with Crippen LogP contribution in [0.5, 0.6) is 0 Å². The van der Waals surface area contributed by atoms with E-state index in [2.05, 4.69) is 10.2 Å². The average molecular weight is 384 g/mol. The first-order valence-electron chi connectivity index (χ1n) is 8.14. The van der Waals surface area contributed by atoms with Gasteiger partial charge in [-0.25, -0.2) is 9.18 Å². The molecule has 0 spiro atoms. The fourth-order valence-electron chi connectivity index (χ4n) is 2.95. The summed E-state index contributed by atoms with van der Waals surface area (Å²) in [5.74, 6) is -1.37. The number of halogens is 4. The second-order valence-corrected chi connectivity index (χ2v) is 6.14. The van der Waals surface area contributed by atoms with Crippen LogP contribution in [0, 0.1) is 5.82 Å². The van der Waals surface area contributed by atoms with Crippen LogP contribution >= 0.6 is 0 Å². The third kappa shape index (κ3) is 4.51. The number of anilines is 1. The molecular weight excluding hydrogens is 368 g/mol. The molecule has 0 saturated carbocycles. The number of aromatic carboxylic acids is 1. The van der Waals surface area contributed by atoms with Crippen LogP contribution in [0.4, 0.5) is 23.4 Å². The van der Waals surface area contributed by atoms with Crippen LogP contribution in [-0.4, -0.2) is 52.4 Å². The molecule has 1 saturated heterocycles. The zero-order valence-corrected chi connectivity index (χ0v) is 14.1. The molecule has 1 N–H and O–H groups in total. The monoisotopic (exact) mass is 384 g/mol. The van der Waals surface area contributed by atoms with E-state index in [0.29, 0.717) is 32.0 Å². The van der Waals surface area contributed by atoms with Gasteiger partial charge in [0.1, 0.15) is 5.82 Å². The minimum atomic E-state index is -4.54. The summed E-state index contributed by atoms with van der Waals surface area (Å²) >= 11 is 0. The zero-order chi connectivity index (χ0) is 19.6. The molecule has 3 rings (SSSR count). The Morgan fingerprint density at radius 3 is 2.33 bits per heavy atom. The van der Waals surface area contributed by atoms with Gasteiger partial charge < -0.3 is 10.0 Å². The number of benzene rings is 1. The van der Waals surface area contributed by atoms with E-state index < -0.39 is 23.5 Å². The number of piperazine rings is 1. The van der Waals surface area contributed by atoms with Crippen molar-refractivity contribution in [3.63, 3.8) is 0 Å². The van der Waals surface area contributed by atoms with Crippen molar-refractivity contribution in [3.8, 4) is 0 Å². The Balaban J connectivity index is 1.65. The van der Waals surface area contributed by atoms with Crippen LogP contribution in [0.3, 0.4) is 0 Å². The fraction of sp³-hybridized carbons (Fsp3) is 0.353. The third-order valence-electron chi connectivity index (χ3n) is 4.33. The van der Waals surface area contributed by atoms with Crippen molar-refractivity contribution in [1.29, 1.82) is 0 Å². The molecule has 0 amide bonds. The van der Waals surface area contributed by atoms with E-state index in [9.17, 15) is 22.4 Å². The highest BCUT2D eigenvalue weighted by Gasteiger charge is 2.34. The third-order valence-corrected chi connectivity index (χ3v) is 4.33. The molecule has 1 fully saturated rings. The van der Waals surface area contributed by atoms with Gasteiger partial charge >= 0.3 is 12.1 Å². The lowest BCUT2D eigenvalue weighted by atomic mass is 10.1. The van der Waals surface area contributed by atoms with E-state index in [-0.39, 0.29) is 17.8 Å². The number of carboxylic acids is 1. The lowest BCUT2D eigenvalue weighted by molar-refractivity contribution is -0.138. The standard InChI is InChI=1S/C17H16F4N4O2/c18-12-1-2-13(17(19,20)21)11(9-12)10-24-5-7-25(8-6-24)15-4-3-14(16(26)27)22-23-15/h1-4,9H,5-8,10H2,(H,26,27). The fourth-order valence-corrected chi connectivity index (χ4v) is 2.95. The number of carbonyl (C=O) groups is 1. The first kappa shape index (κ1) is 19.0. The highest BCUT2D eigenvalue weighted by atomic mass is 19.4. The Morgan fingerprint density at radius 2 is 1.78 bits per heavy atom. The average Bonchev–Trinajstić information content (AvgIpc) is 2.61. The molecule has 1 aliphatic heterocycles. The predicted molar refractivity (Wildman–Crippen MR) is 87.9 cm³/mol. The highest BCUT2D eigenvalue weighted by molar-refractivity contribution is 5.85. The first-order chi connectivity index (χ1) is 12.7. The van der Waals surface area contributed by atoms with E-state index >= 15 is 0 Å². The molecule has 0 bridgehead atoms. The van der Waals surface area contributed by atoms with E-state index in [1.54, 1.807) is 11.0 Å². The normalized spacial score (nSPS) is 15.8. The molecule has 0 aliphatic carbocycles. The molecular formula is C17H16F4N4O2. The van der Waals surface area contributed by atoms with Gasteiger partial charge in [-0.1, -0.05) is 0 Å². The van der Waals surface area contributed by atoms with Crippen LogP contribution in [0.25, 0.3) is 0 Å². The van der Waals surface area contributed by atoms with Gasteiger partial charge in [-0.15, -0.1) is 10.2 Å². The number of hydrogen-bond acceptors (Lipinski definition) is 5. The van der Waals surface area contributed by atoms with Crippen molar-refractivity contribution in [3.05, 3.63) is 53.0 Å². The van der Waals surface area contributed by atoms with E-state index in [1.807, 2.05) is 4.90 Å². The molecule has 10 heteroatoms. The topological polar surface area (TPSA) is 69.6 Å². The summed E-state index contributed by atoms with van der Waals surface area (Å²) in [6.45, 7) is 1.87. The summed E-state index contributed by atoms with van der Waals surface area (Å²) < 4.78 is 52.7. The van der Waals surface area contributed by atoms with Gasteiger partial charge in [-0.3, -0.25) is 4.90 Å². The number of alkyl halides is 3. The Bertz CT molecular complexity index is 819. The van der Waals surface area contributed by atoms with Gasteiger partial charge in [0.2, 0.25) is 0 Å². The molecule has 2 heterocycles. The highest BCUT2D eigenvalue weighted by Crippen LogP contribution is 2.33. The first-order valence-corrected chi connectivity index (χ1v) is 8.14. The van der Waals surface area contributed by atoms with Gasteiger partial charge in [0.05, 0.1) is 5.56 Å². The molecule has 0 radical (unpaired) electrons. The number of carboxylic acid groups (broad SMARTS) is 1. The second kappa shape index (κ2) is 7.47. The smallest absolute Gasteiger partial charge is 0.416 e. The summed E-state index contributed by atoms with van der Waals surface area (Å²) in [4.78, 5) is 14.5. The van der Waals surface area contributed by atoms with Crippen molar-refractivity contribution in [2.45, 2.75) is 12.7 Å². The maximum absolute atomic E-state index is 13.4. The Hall–Kier alpha value is -2.75. The van der Waals surface area contributed by atoms with Gasteiger partial charge in [-0.2, -0.15) is 13.2 Å².